The predicted molar refractivity (Wildman–Crippen MR) is 68.4 cm³/mol. The van der Waals surface area contributed by atoms with E-state index in [1.807, 2.05) is 0 Å². The van der Waals surface area contributed by atoms with Crippen LogP contribution in [0.1, 0.15) is 0 Å². The van der Waals surface area contributed by atoms with Crippen molar-refractivity contribution < 1.29 is 12.8 Å². The maximum absolute atomic E-state index is 13.5. The lowest BCUT2D eigenvalue weighted by Gasteiger charge is -2.17. The first-order valence-corrected chi connectivity index (χ1v) is 7.14. The van der Waals surface area contributed by atoms with Gasteiger partial charge in [-0.1, -0.05) is 12.1 Å². The summed E-state index contributed by atoms with van der Waals surface area (Å²) in [4.78, 5) is -0.307. The zero-order chi connectivity index (χ0) is 13.9. The lowest BCUT2D eigenvalue weighted by molar-refractivity contribution is 0.429. The van der Waals surface area contributed by atoms with Crippen LogP contribution in [0.3, 0.4) is 0 Å². The van der Waals surface area contributed by atoms with Gasteiger partial charge in [-0.05, 0) is 18.2 Å². The molecule has 0 aliphatic carbocycles. The molecule has 1 heterocycles. The second-order valence-corrected chi connectivity index (χ2v) is 6.04. The van der Waals surface area contributed by atoms with Gasteiger partial charge in [0.15, 0.2) is 0 Å². The van der Waals surface area contributed by atoms with Crippen molar-refractivity contribution in [3.8, 4) is 0 Å². The summed E-state index contributed by atoms with van der Waals surface area (Å²) in [6.45, 7) is 0.634. The quantitative estimate of drug-likeness (QED) is 0.832. The van der Waals surface area contributed by atoms with E-state index >= 15 is 0 Å². The van der Waals surface area contributed by atoms with E-state index in [0.717, 1.165) is 10.4 Å². The van der Waals surface area contributed by atoms with Crippen molar-refractivity contribution in [2.24, 2.45) is 0 Å². The number of nitrogens with zero attached hydrogens (tertiary/aromatic N) is 3. The van der Waals surface area contributed by atoms with Crippen LogP contribution in [0.15, 0.2) is 47.6 Å². The van der Waals surface area contributed by atoms with Gasteiger partial charge in [-0.15, -0.1) is 0 Å². The van der Waals surface area contributed by atoms with Gasteiger partial charge in [-0.25, -0.2) is 12.8 Å². The monoisotopic (exact) mass is 283 g/mol. The molecule has 2 aromatic rings. The third-order valence-electron chi connectivity index (χ3n) is 2.73. The van der Waals surface area contributed by atoms with E-state index in [2.05, 4.69) is 5.10 Å². The smallest absolute Gasteiger partial charge is 0.245 e. The summed E-state index contributed by atoms with van der Waals surface area (Å²) in [5.41, 5.74) is 0. The fourth-order valence-corrected chi connectivity index (χ4v) is 2.84. The average molecular weight is 283 g/mol. The maximum atomic E-state index is 13.5. The van der Waals surface area contributed by atoms with Crippen LogP contribution in [0, 0.1) is 5.82 Å². The minimum Gasteiger partial charge on any atom is -0.271 e. The second kappa shape index (κ2) is 5.50. The Labute approximate surface area is 111 Å². The lowest BCUT2D eigenvalue weighted by atomic mass is 10.4. The number of likely N-dealkylation sites (N-methyl/N-ethyl adjacent to an activating group) is 1. The molecule has 0 saturated heterocycles. The van der Waals surface area contributed by atoms with Gasteiger partial charge >= 0.3 is 0 Å². The van der Waals surface area contributed by atoms with Gasteiger partial charge in [-0.3, -0.25) is 4.68 Å². The van der Waals surface area contributed by atoms with E-state index < -0.39 is 15.8 Å². The number of sulfonamides is 1. The number of hydrogen-bond acceptors (Lipinski definition) is 3. The van der Waals surface area contributed by atoms with Crippen LogP contribution in [0.2, 0.25) is 0 Å². The Kier molecular flexibility index (Phi) is 3.96. The van der Waals surface area contributed by atoms with Crippen molar-refractivity contribution in [2.75, 3.05) is 13.6 Å². The number of benzene rings is 1. The molecule has 0 spiro atoms. The summed E-state index contributed by atoms with van der Waals surface area (Å²) in [7, 11) is -2.38. The first kappa shape index (κ1) is 13.7. The Morgan fingerprint density at radius 1 is 1.32 bits per heavy atom. The Morgan fingerprint density at radius 2 is 2.05 bits per heavy atom. The Morgan fingerprint density at radius 3 is 2.68 bits per heavy atom. The van der Waals surface area contributed by atoms with Crippen molar-refractivity contribution in [1.82, 2.24) is 14.1 Å². The lowest BCUT2D eigenvalue weighted by Crippen LogP contribution is -2.30. The molecule has 5 nitrogen and oxygen atoms in total. The van der Waals surface area contributed by atoms with E-state index in [9.17, 15) is 12.8 Å². The molecule has 0 aliphatic heterocycles. The minimum atomic E-state index is -3.81. The third-order valence-corrected chi connectivity index (χ3v) is 4.62. The highest BCUT2D eigenvalue weighted by Crippen LogP contribution is 2.17. The molecule has 1 aromatic carbocycles. The molecule has 2 rings (SSSR count). The Bertz CT molecular complexity index is 641. The molecule has 0 unspecified atom stereocenters. The van der Waals surface area contributed by atoms with Crippen LogP contribution in [-0.4, -0.2) is 36.1 Å². The molecular formula is C12H14FN3O2S. The highest BCUT2D eigenvalue weighted by Gasteiger charge is 2.23. The van der Waals surface area contributed by atoms with Crippen LogP contribution >= 0.6 is 0 Å². The van der Waals surface area contributed by atoms with Crippen molar-refractivity contribution in [3.63, 3.8) is 0 Å². The summed E-state index contributed by atoms with van der Waals surface area (Å²) in [6, 6.07) is 7.10. The van der Waals surface area contributed by atoms with Crippen LogP contribution in [0.5, 0.6) is 0 Å². The Hall–Kier alpha value is -1.73. The standard InChI is InChI=1S/C12H14FN3O2S/c1-15(9-10-16-8-4-7-14-16)19(17,18)12-6-3-2-5-11(12)13/h2-8H,9-10H2,1H3. The van der Waals surface area contributed by atoms with Crippen LogP contribution in [-0.2, 0) is 16.6 Å². The van der Waals surface area contributed by atoms with E-state index in [1.54, 1.807) is 23.1 Å². The summed E-state index contributed by atoms with van der Waals surface area (Å²) in [5.74, 6) is -0.742. The SMILES string of the molecule is CN(CCn1cccn1)S(=O)(=O)c1ccccc1F. The van der Waals surface area contributed by atoms with Gasteiger partial charge in [0, 0.05) is 26.0 Å². The minimum absolute atomic E-state index is 0.221. The van der Waals surface area contributed by atoms with Gasteiger partial charge in [-0.2, -0.15) is 9.40 Å². The normalized spacial score (nSPS) is 11.9. The van der Waals surface area contributed by atoms with Gasteiger partial charge < -0.3 is 0 Å². The van der Waals surface area contributed by atoms with E-state index in [1.165, 1.54) is 25.2 Å². The molecular weight excluding hydrogens is 269 g/mol. The zero-order valence-electron chi connectivity index (χ0n) is 10.4. The van der Waals surface area contributed by atoms with Crippen LogP contribution in [0.4, 0.5) is 4.39 Å². The third kappa shape index (κ3) is 2.99. The van der Waals surface area contributed by atoms with Crippen molar-refractivity contribution >= 4 is 10.0 Å². The summed E-state index contributed by atoms with van der Waals surface area (Å²) >= 11 is 0. The first-order valence-electron chi connectivity index (χ1n) is 5.70. The molecule has 102 valence electrons. The Balaban J connectivity index is 2.13. The topological polar surface area (TPSA) is 55.2 Å². The average Bonchev–Trinajstić information content (AvgIpc) is 2.89. The molecule has 0 saturated carbocycles. The number of aromatic nitrogens is 2. The summed E-state index contributed by atoms with van der Waals surface area (Å²) in [5, 5.41) is 3.98. The number of hydrogen-bond donors (Lipinski definition) is 0. The molecule has 0 bridgehead atoms. The number of halogens is 1. The van der Waals surface area contributed by atoms with Crippen molar-refractivity contribution in [2.45, 2.75) is 11.4 Å². The summed E-state index contributed by atoms with van der Waals surface area (Å²) < 4.78 is 40.6. The fraction of sp³-hybridized carbons (Fsp3) is 0.250. The largest absolute Gasteiger partial charge is 0.271 e. The molecule has 0 fully saturated rings. The van der Waals surface area contributed by atoms with Gasteiger partial charge in [0.25, 0.3) is 0 Å². The molecule has 1 aromatic heterocycles. The van der Waals surface area contributed by atoms with Gasteiger partial charge in [0.05, 0.1) is 6.54 Å². The molecule has 7 heteroatoms. The fourth-order valence-electron chi connectivity index (χ4n) is 1.62. The van der Waals surface area contributed by atoms with E-state index in [-0.39, 0.29) is 11.4 Å². The van der Waals surface area contributed by atoms with Crippen molar-refractivity contribution in [3.05, 3.63) is 48.5 Å². The molecule has 19 heavy (non-hydrogen) atoms. The zero-order valence-corrected chi connectivity index (χ0v) is 11.2. The molecule has 0 amide bonds. The van der Waals surface area contributed by atoms with Crippen LogP contribution in [0.25, 0.3) is 0 Å². The molecule has 0 radical (unpaired) electrons. The van der Waals surface area contributed by atoms with Gasteiger partial charge in [0.1, 0.15) is 10.7 Å². The van der Waals surface area contributed by atoms with Gasteiger partial charge in [0.2, 0.25) is 10.0 Å². The second-order valence-electron chi connectivity index (χ2n) is 4.03. The first-order chi connectivity index (χ1) is 9.01. The highest BCUT2D eigenvalue weighted by atomic mass is 32.2. The highest BCUT2D eigenvalue weighted by molar-refractivity contribution is 7.89. The molecule has 0 aliphatic rings. The summed E-state index contributed by atoms with van der Waals surface area (Å²) in [6.07, 6.45) is 3.36. The maximum Gasteiger partial charge on any atom is 0.245 e. The number of rotatable bonds is 5. The van der Waals surface area contributed by atoms with E-state index in [0.29, 0.717) is 6.54 Å². The molecule has 0 atom stereocenters. The molecule has 0 N–H and O–H groups in total. The van der Waals surface area contributed by atoms with E-state index in [4.69, 9.17) is 0 Å². The van der Waals surface area contributed by atoms with Crippen molar-refractivity contribution in [1.29, 1.82) is 0 Å². The van der Waals surface area contributed by atoms with Crippen LogP contribution < -0.4 is 0 Å². The predicted octanol–water partition coefficient (Wildman–Crippen LogP) is 1.34.